The first-order valence-corrected chi connectivity index (χ1v) is 9.84. The van der Waals surface area contributed by atoms with Crippen molar-refractivity contribution in [2.75, 3.05) is 13.2 Å². The lowest BCUT2D eigenvalue weighted by atomic mass is 9.60. The van der Waals surface area contributed by atoms with Crippen LogP contribution in [0.15, 0.2) is 24.3 Å². The maximum Gasteiger partial charge on any atom is 0.260 e. The Hall–Kier alpha value is -1.55. The highest BCUT2D eigenvalue weighted by molar-refractivity contribution is 5.80. The normalized spacial score (nSPS) is 18.5. The molecule has 1 fully saturated rings. The third-order valence-electron chi connectivity index (χ3n) is 5.95. The largest absolute Gasteiger partial charge is 0.481 e. The molecule has 1 aromatic rings. The van der Waals surface area contributed by atoms with Gasteiger partial charge in [0.15, 0.2) is 6.10 Å². The number of aliphatic hydroxyl groups is 1. The zero-order chi connectivity index (χ0) is 19.4. The Kier molecular flexibility index (Phi) is 6.73. The number of amides is 1. The van der Waals surface area contributed by atoms with Crippen molar-refractivity contribution in [1.29, 1.82) is 0 Å². The maximum absolute atomic E-state index is 12.5. The van der Waals surface area contributed by atoms with Crippen molar-refractivity contribution in [3.63, 3.8) is 0 Å². The Morgan fingerprint density at radius 1 is 1.31 bits per heavy atom. The van der Waals surface area contributed by atoms with Crippen molar-refractivity contribution in [2.24, 2.45) is 11.3 Å². The number of rotatable bonds is 8. The molecule has 0 heterocycles. The van der Waals surface area contributed by atoms with Crippen molar-refractivity contribution < 1.29 is 14.6 Å². The van der Waals surface area contributed by atoms with Gasteiger partial charge in [-0.2, -0.15) is 0 Å². The van der Waals surface area contributed by atoms with Gasteiger partial charge in [-0.25, -0.2) is 0 Å². The molecule has 2 atom stereocenters. The number of ether oxygens (including phenoxy) is 1. The predicted molar refractivity (Wildman–Crippen MR) is 105 cm³/mol. The zero-order valence-electron chi connectivity index (χ0n) is 17.0. The molecule has 0 unspecified atom stereocenters. The van der Waals surface area contributed by atoms with Gasteiger partial charge in [0.25, 0.3) is 5.91 Å². The van der Waals surface area contributed by atoms with Crippen LogP contribution in [0.4, 0.5) is 0 Å². The number of carbonyl (C=O) groups is 1. The lowest BCUT2D eigenvalue weighted by Gasteiger charge is -2.47. The summed E-state index contributed by atoms with van der Waals surface area (Å²) in [6.45, 7) is 11.3. The molecule has 0 spiro atoms. The standard InChI is InChI=1S/C22H35NO3/c1-16(10-13-24)22(11-7-12-22)15-23-20(25)17(2)26-19-9-6-8-18(14-19)21(3,4)5/h6,8-9,14,16-17,24H,7,10-13,15H2,1-5H3,(H,23,25)/t16-,17+/m1/s1. The Balaban J connectivity index is 1.92. The van der Waals surface area contributed by atoms with Gasteiger partial charge in [0.2, 0.25) is 0 Å². The average molecular weight is 362 g/mol. The van der Waals surface area contributed by atoms with Crippen LogP contribution in [-0.2, 0) is 10.2 Å². The molecule has 1 amide bonds. The third-order valence-corrected chi connectivity index (χ3v) is 5.95. The van der Waals surface area contributed by atoms with Gasteiger partial charge >= 0.3 is 0 Å². The van der Waals surface area contributed by atoms with E-state index in [4.69, 9.17) is 4.74 Å². The molecule has 26 heavy (non-hydrogen) atoms. The average Bonchev–Trinajstić information content (AvgIpc) is 2.53. The summed E-state index contributed by atoms with van der Waals surface area (Å²) in [4.78, 5) is 12.5. The van der Waals surface area contributed by atoms with Gasteiger partial charge in [-0.3, -0.25) is 4.79 Å². The molecule has 4 heteroatoms. The van der Waals surface area contributed by atoms with Gasteiger partial charge in [-0.1, -0.05) is 46.2 Å². The minimum Gasteiger partial charge on any atom is -0.481 e. The molecule has 0 radical (unpaired) electrons. The van der Waals surface area contributed by atoms with Gasteiger partial charge in [-0.15, -0.1) is 0 Å². The fraction of sp³-hybridized carbons (Fsp3) is 0.682. The van der Waals surface area contributed by atoms with E-state index in [1.54, 1.807) is 6.92 Å². The van der Waals surface area contributed by atoms with Crippen LogP contribution in [0.3, 0.4) is 0 Å². The molecule has 2 rings (SSSR count). The van der Waals surface area contributed by atoms with E-state index < -0.39 is 6.10 Å². The summed E-state index contributed by atoms with van der Waals surface area (Å²) in [7, 11) is 0. The molecule has 0 saturated heterocycles. The van der Waals surface area contributed by atoms with Crippen LogP contribution in [0.25, 0.3) is 0 Å². The molecular weight excluding hydrogens is 326 g/mol. The van der Waals surface area contributed by atoms with E-state index in [2.05, 4.69) is 39.1 Å². The summed E-state index contributed by atoms with van der Waals surface area (Å²) in [6, 6.07) is 7.97. The van der Waals surface area contributed by atoms with Crippen LogP contribution < -0.4 is 10.1 Å². The summed E-state index contributed by atoms with van der Waals surface area (Å²) < 4.78 is 5.88. The van der Waals surface area contributed by atoms with Crippen LogP contribution in [-0.4, -0.2) is 30.3 Å². The quantitative estimate of drug-likeness (QED) is 0.734. The van der Waals surface area contributed by atoms with Crippen LogP contribution in [0, 0.1) is 11.3 Å². The van der Waals surface area contributed by atoms with E-state index >= 15 is 0 Å². The van der Waals surface area contributed by atoms with Crippen molar-refractivity contribution in [3.8, 4) is 5.75 Å². The Morgan fingerprint density at radius 3 is 2.54 bits per heavy atom. The van der Waals surface area contributed by atoms with Crippen LogP contribution >= 0.6 is 0 Å². The fourth-order valence-electron chi connectivity index (χ4n) is 3.67. The lowest BCUT2D eigenvalue weighted by molar-refractivity contribution is -0.128. The van der Waals surface area contributed by atoms with Crippen molar-refractivity contribution in [3.05, 3.63) is 29.8 Å². The molecule has 4 nitrogen and oxygen atoms in total. The monoisotopic (exact) mass is 361 g/mol. The van der Waals surface area contributed by atoms with Crippen LogP contribution in [0.1, 0.15) is 65.9 Å². The highest BCUT2D eigenvalue weighted by atomic mass is 16.5. The van der Waals surface area contributed by atoms with Gasteiger partial charge in [0.05, 0.1) is 0 Å². The molecule has 1 saturated carbocycles. The number of hydrogen-bond acceptors (Lipinski definition) is 3. The molecule has 1 aliphatic carbocycles. The molecule has 1 aromatic carbocycles. The van der Waals surface area contributed by atoms with Gasteiger partial charge in [-0.05, 0) is 60.6 Å². The number of carbonyl (C=O) groups excluding carboxylic acids is 1. The molecule has 0 aromatic heterocycles. The summed E-state index contributed by atoms with van der Waals surface area (Å²) in [5, 5.41) is 12.3. The lowest BCUT2D eigenvalue weighted by Crippen LogP contribution is -2.49. The summed E-state index contributed by atoms with van der Waals surface area (Å²) in [6.07, 6.45) is 3.71. The van der Waals surface area contributed by atoms with Gasteiger partial charge in [0, 0.05) is 13.2 Å². The van der Waals surface area contributed by atoms with Crippen molar-refractivity contribution in [2.45, 2.75) is 71.8 Å². The second-order valence-electron chi connectivity index (χ2n) is 8.88. The molecule has 0 aliphatic heterocycles. The minimum atomic E-state index is -0.532. The predicted octanol–water partition coefficient (Wildman–Crippen LogP) is 4.06. The summed E-state index contributed by atoms with van der Waals surface area (Å²) in [5.74, 6) is 1.07. The van der Waals surface area contributed by atoms with E-state index in [1.165, 1.54) is 12.0 Å². The van der Waals surface area contributed by atoms with E-state index in [0.717, 1.165) is 25.0 Å². The van der Waals surface area contributed by atoms with Crippen LogP contribution in [0.5, 0.6) is 5.75 Å². The molecule has 1 aliphatic rings. The third kappa shape index (κ3) is 5.00. The molecule has 0 bridgehead atoms. The van der Waals surface area contributed by atoms with Crippen molar-refractivity contribution >= 4 is 5.91 Å². The zero-order valence-corrected chi connectivity index (χ0v) is 17.0. The summed E-state index contributed by atoms with van der Waals surface area (Å²) >= 11 is 0. The topological polar surface area (TPSA) is 58.6 Å². The van der Waals surface area contributed by atoms with Gasteiger partial charge < -0.3 is 15.2 Å². The Morgan fingerprint density at radius 2 is 2.00 bits per heavy atom. The van der Waals surface area contributed by atoms with E-state index in [-0.39, 0.29) is 23.3 Å². The molecule has 146 valence electrons. The Bertz CT molecular complexity index is 602. The highest BCUT2D eigenvalue weighted by Gasteiger charge is 2.41. The first-order valence-electron chi connectivity index (χ1n) is 9.84. The first kappa shape index (κ1) is 20.8. The van der Waals surface area contributed by atoms with Crippen molar-refractivity contribution in [1.82, 2.24) is 5.32 Å². The van der Waals surface area contributed by atoms with Gasteiger partial charge in [0.1, 0.15) is 5.75 Å². The number of nitrogens with one attached hydrogen (secondary N) is 1. The minimum absolute atomic E-state index is 0.0459. The SMILES string of the molecule is C[C@H](Oc1cccc(C(C)(C)C)c1)C(=O)NCC1([C@H](C)CCO)CCC1. The smallest absolute Gasteiger partial charge is 0.260 e. The fourth-order valence-corrected chi connectivity index (χ4v) is 3.67. The van der Waals surface area contributed by atoms with E-state index in [0.29, 0.717) is 12.5 Å². The molecular formula is C22H35NO3. The number of benzene rings is 1. The molecule has 2 N–H and O–H groups in total. The maximum atomic E-state index is 12.5. The van der Waals surface area contributed by atoms with Crippen LogP contribution in [0.2, 0.25) is 0 Å². The van der Waals surface area contributed by atoms with E-state index in [1.807, 2.05) is 18.2 Å². The second kappa shape index (κ2) is 8.43. The first-order chi connectivity index (χ1) is 12.2. The Labute approximate surface area is 158 Å². The number of hydrogen-bond donors (Lipinski definition) is 2. The highest BCUT2D eigenvalue weighted by Crippen LogP contribution is 2.47. The summed E-state index contributed by atoms with van der Waals surface area (Å²) in [5.41, 5.74) is 1.38. The second-order valence-corrected chi connectivity index (χ2v) is 8.88. The number of aliphatic hydroxyl groups excluding tert-OH is 1. The van der Waals surface area contributed by atoms with E-state index in [9.17, 15) is 9.90 Å².